The van der Waals surface area contributed by atoms with Gasteiger partial charge in [-0.1, -0.05) is 12.1 Å². The van der Waals surface area contributed by atoms with Crippen LogP contribution in [0.2, 0.25) is 0 Å². The number of piperidine rings is 1. The molecule has 148 valence electrons. The lowest BCUT2D eigenvalue weighted by molar-refractivity contribution is 0.255. The molecule has 0 amide bonds. The van der Waals surface area contributed by atoms with E-state index in [0.717, 1.165) is 39.1 Å². The van der Waals surface area contributed by atoms with Gasteiger partial charge in [0.15, 0.2) is 5.82 Å². The lowest BCUT2D eigenvalue weighted by Gasteiger charge is -2.29. The summed E-state index contributed by atoms with van der Waals surface area (Å²) in [7, 11) is 3.87. The zero-order chi connectivity index (χ0) is 19.8. The zero-order valence-corrected chi connectivity index (χ0v) is 16.8. The molecule has 0 aliphatic carbocycles. The fourth-order valence-corrected chi connectivity index (χ4v) is 4.21. The summed E-state index contributed by atoms with van der Waals surface area (Å²) in [6.07, 6.45) is 4.30. The normalized spacial score (nSPS) is 15.8. The number of rotatable bonds is 4. The Bertz CT molecular complexity index is 1140. The monoisotopic (exact) mass is 387 g/mol. The molecular formula is C23H25N5O. The Morgan fingerprint density at radius 1 is 1.07 bits per heavy atom. The average Bonchev–Trinajstić information content (AvgIpc) is 3.25. The first kappa shape index (κ1) is 17.9. The van der Waals surface area contributed by atoms with Gasteiger partial charge in [-0.3, -0.25) is 5.10 Å². The Morgan fingerprint density at radius 3 is 2.62 bits per heavy atom. The van der Waals surface area contributed by atoms with Crippen LogP contribution in [0.3, 0.4) is 0 Å². The van der Waals surface area contributed by atoms with Crippen LogP contribution in [0, 0.1) is 0 Å². The number of likely N-dealkylation sites (tertiary alicyclic amines) is 1. The van der Waals surface area contributed by atoms with E-state index in [4.69, 9.17) is 9.72 Å². The number of aromatic nitrogens is 3. The number of pyridine rings is 1. The summed E-state index contributed by atoms with van der Waals surface area (Å²) in [4.78, 5) is 7.23. The second-order valence-electron chi connectivity index (χ2n) is 7.83. The van der Waals surface area contributed by atoms with Gasteiger partial charge in [-0.2, -0.15) is 5.10 Å². The highest BCUT2D eigenvalue weighted by molar-refractivity contribution is 6.09. The highest BCUT2D eigenvalue weighted by Gasteiger charge is 2.18. The van der Waals surface area contributed by atoms with Crippen molar-refractivity contribution in [2.75, 3.05) is 32.6 Å². The molecule has 2 aromatic carbocycles. The van der Waals surface area contributed by atoms with Crippen molar-refractivity contribution in [3.8, 4) is 5.75 Å². The van der Waals surface area contributed by atoms with Gasteiger partial charge in [0.05, 0.1) is 18.8 Å². The maximum atomic E-state index is 5.36. The number of nitrogens with one attached hydrogen (secondary N) is 2. The first-order valence-electron chi connectivity index (χ1n) is 10.1. The van der Waals surface area contributed by atoms with Crippen LogP contribution in [-0.4, -0.2) is 47.3 Å². The summed E-state index contributed by atoms with van der Waals surface area (Å²) in [5, 5.41) is 12.8. The Labute approximate surface area is 169 Å². The van der Waals surface area contributed by atoms with Crippen LogP contribution in [0.4, 0.5) is 11.5 Å². The van der Waals surface area contributed by atoms with Crippen molar-refractivity contribution in [3.05, 3.63) is 54.2 Å². The molecule has 6 nitrogen and oxygen atoms in total. The molecule has 0 bridgehead atoms. The van der Waals surface area contributed by atoms with Crippen molar-refractivity contribution in [3.63, 3.8) is 0 Å². The second-order valence-corrected chi connectivity index (χ2v) is 7.83. The molecule has 29 heavy (non-hydrogen) atoms. The van der Waals surface area contributed by atoms with Crippen LogP contribution in [0.1, 0.15) is 24.3 Å². The van der Waals surface area contributed by atoms with Gasteiger partial charge < -0.3 is 15.0 Å². The van der Waals surface area contributed by atoms with Crippen LogP contribution >= 0.6 is 0 Å². The van der Waals surface area contributed by atoms with Crippen LogP contribution in [0.25, 0.3) is 21.8 Å². The van der Waals surface area contributed by atoms with Gasteiger partial charge in [0.25, 0.3) is 0 Å². The van der Waals surface area contributed by atoms with Crippen molar-refractivity contribution < 1.29 is 4.74 Å². The minimum absolute atomic E-state index is 0.660. The highest BCUT2D eigenvalue weighted by atomic mass is 16.5. The molecule has 0 atom stereocenters. The SMILES string of the molecule is COc1ccc2nc(Nc3ccc(C4CCN(C)CC4)cc3)c3[nH]ncc3c2c1. The Morgan fingerprint density at radius 2 is 1.86 bits per heavy atom. The third-order valence-corrected chi connectivity index (χ3v) is 5.97. The van der Waals surface area contributed by atoms with E-state index >= 15 is 0 Å². The van der Waals surface area contributed by atoms with E-state index in [1.807, 2.05) is 24.4 Å². The number of benzene rings is 2. The molecule has 1 aliphatic heterocycles. The molecule has 1 fully saturated rings. The third kappa shape index (κ3) is 3.40. The Balaban J connectivity index is 1.44. The molecule has 4 aromatic rings. The van der Waals surface area contributed by atoms with Gasteiger partial charge in [0.1, 0.15) is 11.3 Å². The molecular weight excluding hydrogens is 362 g/mol. The zero-order valence-electron chi connectivity index (χ0n) is 16.8. The lowest BCUT2D eigenvalue weighted by atomic mass is 9.89. The molecule has 6 heteroatoms. The van der Waals surface area contributed by atoms with Crippen LogP contribution in [0.15, 0.2) is 48.7 Å². The first-order chi connectivity index (χ1) is 14.2. The fraction of sp³-hybridized carbons (Fsp3) is 0.304. The molecule has 0 unspecified atom stereocenters. The number of methoxy groups -OCH3 is 1. The predicted molar refractivity (Wildman–Crippen MR) is 117 cm³/mol. The van der Waals surface area contributed by atoms with E-state index in [0.29, 0.717) is 5.92 Å². The summed E-state index contributed by atoms with van der Waals surface area (Å²) >= 11 is 0. The highest BCUT2D eigenvalue weighted by Crippen LogP contribution is 2.33. The van der Waals surface area contributed by atoms with Gasteiger partial charge in [-0.15, -0.1) is 0 Å². The van der Waals surface area contributed by atoms with E-state index in [1.165, 1.54) is 31.5 Å². The maximum absolute atomic E-state index is 5.36. The maximum Gasteiger partial charge on any atom is 0.157 e. The molecule has 1 aliphatic rings. The molecule has 0 radical (unpaired) electrons. The summed E-state index contributed by atoms with van der Waals surface area (Å²) in [6, 6.07) is 14.7. The number of anilines is 2. The molecule has 2 N–H and O–H groups in total. The number of H-pyrrole nitrogens is 1. The Kier molecular flexibility index (Phi) is 4.56. The van der Waals surface area contributed by atoms with Crippen LogP contribution in [0.5, 0.6) is 5.75 Å². The molecule has 2 aromatic heterocycles. The summed E-state index contributed by atoms with van der Waals surface area (Å²) in [5.41, 5.74) is 4.25. The van der Waals surface area contributed by atoms with E-state index in [2.05, 4.69) is 51.7 Å². The largest absolute Gasteiger partial charge is 0.497 e. The van der Waals surface area contributed by atoms with Gasteiger partial charge in [-0.25, -0.2) is 4.98 Å². The van der Waals surface area contributed by atoms with Crippen molar-refractivity contribution in [1.29, 1.82) is 0 Å². The molecule has 1 saturated heterocycles. The van der Waals surface area contributed by atoms with E-state index < -0.39 is 0 Å². The van der Waals surface area contributed by atoms with Crippen LogP contribution in [-0.2, 0) is 0 Å². The fourth-order valence-electron chi connectivity index (χ4n) is 4.21. The summed E-state index contributed by atoms with van der Waals surface area (Å²) < 4.78 is 5.36. The van der Waals surface area contributed by atoms with Crippen molar-refractivity contribution >= 4 is 33.3 Å². The third-order valence-electron chi connectivity index (χ3n) is 5.97. The number of nitrogens with zero attached hydrogens (tertiary/aromatic N) is 3. The quantitative estimate of drug-likeness (QED) is 0.533. The van der Waals surface area contributed by atoms with E-state index in [-0.39, 0.29) is 0 Å². The number of hydrogen-bond acceptors (Lipinski definition) is 5. The average molecular weight is 387 g/mol. The number of hydrogen-bond donors (Lipinski definition) is 2. The predicted octanol–water partition coefficient (Wildman–Crippen LogP) is 4.67. The second kappa shape index (κ2) is 7.37. The van der Waals surface area contributed by atoms with E-state index in [9.17, 15) is 0 Å². The van der Waals surface area contributed by atoms with Gasteiger partial charge in [0, 0.05) is 16.5 Å². The minimum Gasteiger partial charge on any atom is -0.497 e. The molecule has 0 spiro atoms. The van der Waals surface area contributed by atoms with Gasteiger partial charge in [0.2, 0.25) is 0 Å². The molecule has 0 saturated carbocycles. The standard InChI is InChI=1S/C23H25N5O/c1-28-11-9-16(10-12-28)15-3-5-17(6-4-15)25-23-22-20(14-24-27-22)19-13-18(29-2)7-8-21(19)26-23/h3-8,13-14,16H,9-12H2,1-2H3,(H,24,27)(H,25,26). The summed E-state index contributed by atoms with van der Waals surface area (Å²) in [5.74, 6) is 2.25. The van der Waals surface area contributed by atoms with Crippen molar-refractivity contribution in [2.45, 2.75) is 18.8 Å². The number of aromatic amines is 1. The minimum atomic E-state index is 0.660. The first-order valence-corrected chi connectivity index (χ1v) is 10.1. The van der Waals surface area contributed by atoms with E-state index in [1.54, 1.807) is 7.11 Å². The summed E-state index contributed by atoms with van der Waals surface area (Å²) in [6.45, 7) is 2.35. The van der Waals surface area contributed by atoms with Gasteiger partial charge >= 0.3 is 0 Å². The lowest BCUT2D eigenvalue weighted by Crippen LogP contribution is -2.29. The van der Waals surface area contributed by atoms with Crippen molar-refractivity contribution in [1.82, 2.24) is 20.1 Å². The molecule has 5 rings (SSSR count). The Hall–Kier alpha value is -3.12. The van der Waals surface area contributed by atoms with Crippen LogP contribution < -0.4 is 10.1 Å². The smallest absolute Gasteiger partial charge is 0.157 e. The van der Waals surface area contributed by atoms with Crippen molar-refractivity contribution in [2.24, 2.45) is 0 Å². The van der Waals surface area contributed by atoms with Gasteiger partial charge in [-0.05, 0) is 74.8 Å². The number of ether oxygens (including phenoxy) is 1. The number of fused-ring (bicyclic) bond motifs is 3. The topological polar surface area (TPSA) is 66.1 Å². The molecule has 3 heterocycles.